The van der Waals surface area contributed by atoms with Crippen molar-refractivity contribution in [2.24, 2.45) is 0 Å². The molecule has 0 spiro atoms. The molecule has 1 nitrogen and oxygen atoms in total. The van der Waals surface area contributed by atoms with Gasteiger partial charge >= 0.3 is 0 Å². The van der Waals surface area contributed by atoms with Crippen molar-refractivity contribution in [2.75, 3.05) is 11.5 Å². The van der Waals surface area contributed by atoms with Gasteiger partial charge in [0.1, 0.15) is 0 Å². The van der Waals surface area contributed by atoms with E-state index in [9.17, 15) is 4.79 Å². The quantitative estimate of drug-likeness (QED) is 0.503. The zero-order chi connectivity index (χ0) is 9.78. The van der Waals surface area contributed by atoms with Crippen molar-refractivity contribution in [2.45, 2.75) is 51.9 Å². The molecular weight excluding hydrogens is 180 g/mol. The van der Waals surface area contributed by atoms with Crippen molar-refractivity contribution in [3.63, 3.8) is 0 Å². The third kappa shape index (κ3) is 12.0. The van der Waals surface area contributed by atoms with Crippen LogP contribution in [-0.4, -0.2) is 17.8 Å². The number of hydrogen-bond acceptors (Lipinski definition) is 2. The van der Waals surface area contributed by atoms with Gasteiger partial charge in [0.05, 0.1) is 0 Å². The number of thioether (sulfide) groups is 1. The summed E-state index contributed by atoms with van der Waals surface area (Å²) in [6.07, 6.45) is 10.7. The Kier molecular flexibility index (Phi) is 12.0. The zero-order valence-corrected chi connectivity index (χ0v) is 9.50. The van der Waals surface area contributed by atoms with Crippen molar-refractivity contribution in [1.29, 1.82) is 0 Å². The van der Waals surface area contributed by atoms with Gasteiger partial charge in [0.15, 0.2) is 6.29 Å². The summed E-state index contributed by atoms with van der Waals surface area (Å²) in [5.41, 5.74) is 0. The maximum Gasteiger partial charge on any atom is 0.199 e. The Labute approximate surface area is 86.7 Å². The average molecular weight is 201 g/mol. The molecule has 77 valence electrons. The molecule has 0 bridgehead atoms. The van der Waals surface area contributed by atoms with E-state index in [0.29, 0.717) is 6.42 Å². The Balaban J connectivity index is 2.79. The van der Waals surface area contributed by atoms with Gasteiger partial charge in [-0.15, -0.1) is 0 Å². The van der Waals surface area contributed by atoms with Gasteiger partial charge in [0, 0.05) is 12.2 Å². The van der Waals surface area contributed by atoms with E-state index in [4.69, 9.17) is 0 Å². The second kappa shape index (κ2) is 12.0. The lowest BCUT2D eigenvalue weighted by molar-refractivity contribution is 0.554. The van der Waals surface area contributed by atoms with E-state index < -0.39 is 0 Å². The standard InChI is InChI=1S/C11H21OS/c1-2-3-4-5-6-7-10-13-11-8-9-12/h2-8,10-11H2,1H3. The first-order chi connectivity index (χ1) is 6.41. The lowest BCUT2D eigenvalue weighted by Gasteiger charge is -1.99. The Morgan fingerprint density at radius 2 is 1.69 bits per heavy atom. The van der Waals surface area contributed by atoms with Crippen LogP contribution < -0.4 is 0 Å². The summed E-state index contributed by atoms with van der Waals surface area (Å²) in [5.74, 6) is 2.17. The highest BCUT2D eigenvalue weighted by Gasteiger charge is 1.91. The molecule has 0 heterocycles. The number of rotatable bonds is 10. The van der Waals surface area contributed by atoms with Crippen molar-refractivity contribution in [1.82, 2.24) is 0 Å². The first-order valence-electron chi connectivity index (χ1n) is 5.34. The largest absolute Gasteiger partial charge is 0.291 e. The lowest BCUT2D eigenvalue weighted by Crippen LogP contribution is -1.85. The van der Waals surface area contributed by atoms with E-state index >= 15 is 0 Å². The third-order valence-electron chi connectivity index (χ3n) is 1.99. The summed E-state index contributed by atoms with van der Waals surface area (Å²) in [7, 11) is 0. The topological polar surface area (TPSA) is 17.1 Å². The maximum atomic E-state index is 9.87. The molecule has 13 heavy (non-hydrogen) atoms. The van der Waals surface area contributed by atoms with Gasteiger partial charge in [-0.25, -0.2) is 0 Å². The van der Waals surface area contributed by atoms with Crippen LogP contribution in [0.25, 0.3) is 0 Å². The van der Waals surface area contributed by atoms with Gasteiger partial charge in [-0.05, 0) is 12.2 Å². The summed E-state index contributed by atoms with van der Waals surface area (Å²) < 4.78 is 0. The van der Waals surface area contributed by atoms with Crippen LogP contribution in [0.15, 0.2) is 0 Å². The van der Waals surface area contributed by atoms with Crippen LogP contribution in [0.2, 0.25) is 0 Å². The minimum absolute atomic E-state index is 0.598. The molecule has 0 aliphatic heterocycles. The van der Waals surface area contributed by atoms with Gasteiger partial charge in [0.25, 0.3) is 0 Å². The van der Waals surface area contributed by atoms with E-state index in [1.807, 2.05) is 18.0 Å². The Morgan fingerprint density at radius 1 is 1.00 bits per heavy atom. The Morgan fingerprint density at radius 3 is 2.38 bits per heavy atom. The van der Waals surface area contributed by atoms with Crippen LogP contribution in [0.3, 0.4) is 0 Å². The molecule has 0 aromatic heterocycles. The highest BCUT2D eigenvalue weighted by atomic mass is 32.2. The Hall–Kier alpha value is 0.0200. The van der Waals surface area contributed by atoms with Gasteiger partial charge in [-0.3, -0.25) is 4.79 Å². The van der Waals surface area contributed by atoms with Crippen LogP contribution >= 0.6 is 11.8 Å². The molecule has 0 rings (SSSR count). The van der Waals surface area contributed by atoms with E-state index in [0.717, 1.165) is 5.75 Å². The van der Waals surface area contributed by atoms with Crippen LogP contribution in [0, 0.1) is 0 Å². The molecule has 0 saturated carbocycles. The fraction of sp³-hybridized carbons (Fsp3) is 0.909. The Bertz CT molecular complexity index is 104. The first-order valence-corrected chi connectivity index (χ1v) is 6.50. The second-order valence-corrected chi connectivity index (χ2v) is 4.50. The minimum Gasteiger partial charge on any atom is -0.291 e. The smallest absolute Gasteiger partial charge is 0.199 e. The fourth-order valence-corrected chi connectivity index (χ4v) is 2.04. The van der Waals surface area contributed by atoms with Crippen LogP contribution in [-0.2, 0) is 4.79 Å². The summed E-state index contributed by atoms with van der Waals surface area (Å²) in [6, 6.07) is 0. The lowest BCUT2D eigenvalue weighted by atomic mass is 10.1. The van der Waals surface area contributed by atoms with Gasteiger partial charge in [-0.1, -0.05) is 39.0 Å². The van der Waals surface area contributed by atoms with Crippen LogP contribution in [0.4, 0.5) is 0 Å². The van der Waals surface area contributed by atoms with Crippen molar-refractivity contribution >= 4 is 18.0 Å². The van der Waals surface area contributed by atoms with Gasteiger partial charge in [0.2, 0.25) is 0 Å². The first kappa shape index (κ1) is 13.0. The van der Waals surface area contributed by atoms with Crippen molar-refractivity contribution in [3.8, 4) is 0 Å². The van der Waals surface area contributed by atoms with E-state index in [2.05, 4.69) is 6.92 Å². The summed E-state index contributed by atoms with van der Waals surface area (Å²) >= 11 is 1.88. The van der Waals surface area contributed by atoms with Gasteiger partial charge in [-0.2, -0.15) is 11.8 Å². The SMILES string of the molecule is CCCCCCCCSCC[C]=O. The fourth-order valence-electron chi connectivity index (χ4n) is 1.20. The molecule has 0 saturated heterocycles. The van der Waals surface area contributed by atoms with Crippen LogP contribution in [0.5, 0.6) is 0 Å². The number of carbonyl (C=O) groups excluding carboxylic acids is 1. The third-order valence-corrected chi connectivity index (χ3v) is 3.06. The number of unbranched alkanes of at least 4 members (excludes halogenated alkanes) is 5. The molecule has 2 heteroatoms. The number of hydrogen-bond donors (Lipinski definition) is 0. The molecule has 0 N–H and O–H groups in total. The second-order valence-electron chi connectivity index (χ2n) is 3.27. The average Bonchev–Trinajstić information content (AvgIpc) is 2.16. The maximum absolute atomic E-state index is 9.87. The molecule has 0 unspecified atom stereocenters. The van der Waals surface area contributed by atoms with Crippen molar-refractivity contribution < 1.29 is 4.79 Å². The minimum atomic E-state index is 0.598. The molecule has 1 radical (unpaired) electrons. The predicted octanol–water partition coefficient (Wildman–Crippen LogP) is 3.58. The normalized spacial score (nSPS) is 10.2. The van der Waals surface area contributed by atoms with E-state index in [-0.39, 0.29) is 0 Å². The molecule has 0 aromatic rings. The summed E-state index contributed by atoms with van der Waals surface area (Å²) in [4.78, 5) is 9.87. The highest BCUT2D eigenvalue weighted by Crippen LogP contribution is 2.09. The summed E-state index contributed by atoms with van der Waals surface area (Å²) in [5, 5.41) is 0. The molecule has 0 aliphatic carbocycles. The summed E-state index contributed by atoms with van der Waals surface area (Å²) in [6.45, 7) is 2.24. The zero-order valence-electron chi connectivity index (χ0n) is 8.68. The highest BCUT2D eigenvalue weighted by molar-refractivity contribution is 7.99. The molecular formula is C11H21OS. The molecule has 0 amide bonds. The van der Waals surface area contributed by atoms with Crippen LogP contribution in [0.1, 0.15) is 51.9 Å². The van der Waals surface area contributed by atoms with E-state index in [1.165, 1.54) is 44.3 Å². The molecule has 0 fully saturated rings. The molecule has 0 aromatic carbocycles. The monoisotopic (exact) mass is 201 g/mol. The predicted molar refractivity (Wildman–Crippen MR) is 61.0 cm³/mol. The van der Waals surface area contributed by atoms with Gasteiger partial charge < -0.3 is 0 Å². The molecule has 0 aliphatic rings. The van der Waals surface area contributed by atoms with E-state index in [1.54, 1.807) is 0 Å². The van der Waals surface area contributed by atoms with Crippen molar-refractivity contribution in [3.05, 3.63) is 0 Å². The molecule has 0 atom stereocenters.